The average molecular weight is 395 g/mol. The highest BCUT2D eigenvalue weighted by Gasteiger charge is 2.16. The van der Waals surface area contributed by atoms with Gasteiger partial charge in [0.05, 0.1) is 6.54 Å². The van der Waals surface area contributed by atoms with E-state index < -0.39 is 0 Å². The van der Waals surface area contributed by atoms with Crippen LogP contribution in [-0.2, 0) is 17.9 Å². The second-order valence-electron chi connectivity index (χ2n) is 7.05. The lowest BCUT2D eigenvalue weighted by Gasteiger charge is -2.19. The van der Waals surface area contributed by atoms with Crippen LogP contribution in [0.2, 0.25) is 0 Å². The zero-order valence-corrected chi connectivity index (χ0v) is 16.3. The number of hydrogen-bond acceptors (Lipinski definition) is 6. The number of amides is 1. The summed E-state index contributed by atoms with van der Waals surface area (Å²) < 4.78 is 12.9. The van der Waals surface area contributed by atoms with Crippen LogP contribution in [0.25, 0.3) is 0 Å². The molecule has 1 saturated heterocycles. The third kappa shape index (κ3) is 5.37. The molecule has 1 aliphatic rings. The van der Waals surface area contributed by atoms with E-state index in [1.165, 1.54) is 12.8 Å². The van der Waals surface area contributed by atoms with Gasteiger partial charge < -0.3 is 19.4 Å². The van der Waals surface area contributed by atoms with Crippen molar-refractivity contribution in [3.05, 3.63) is 54.6 Å². The zero-order chi connectivity index (χ0) is 19.9. The Hall–Kier alpha value is -3.29. The highest BCUT2D eigenvalue weighted by Crippen LogP contribution is 2.23. The highest BCUT2D eigenvalue weighted by molar-refractivity contribution is 5.75. The van der Waals surface area contributed by atoms with E-state index >= 15 is 0 Å². The molecule has 1 fully saturated rings. The van der Waals surface area contributed by atoms with Gasteiger partial charge in [-0.05, 0) is 31.0 Å². The Bertz CT molecular complexity index is 913. The summed E-state index contributed by atoms with van der Waals surface area (Å²) in [5.41, 5.74) is 0. The highest BCUT2D eigenvalue weighted by atomic mass is 16.6. The van der Waals surface area contributed by atoms with E-state index in [4.69, 9.17) is 9.15 Å². The molecule has 0 radical (unpaired) electrons. The van der Waals surface area contributed by atoms with Gasteiger partial charge in [0.2, 0.25) is 11.9 Å². The average Bonchev–Trinajstić information content (AvgIpc) is 3.28. The number of carbonyl (C=O) groups excluding carboxylic acids is 1. The zero-order valence-electron chi connectivity index (χ0n) is 16.3. The predicted octanol–water partition coefficient (Wildman–Crippen LogP) is 3.68. The molecule has 0 unspecified atom stereocenters. The number of aromatic nitrogens is 3. The van der Waals surface area contributed by atoms with Gasteiger partial charge in [-0.25, -0.2) is 9.67 Å². The van der Waals surface area contributed by atoms with Crippen molar-refractivity contribution in [3.8, 4) is 11.7 Å². The number of furan rings is 1. The minimum absolute atomic E-state index is 0.0945. The van der Waals surface area contributed by atoms with E-state index in [1.54, 1.807) is 17.1 Å². The molecule has 1 amide bonds. The smallest absolute Gasteiger partial charge is 0.290 e. The van der Waals surface area contributed by atoms with Gasteiger partial charge in [-0.15, -0.1) is 5.10 Å². The Morgan fingerprint density at radius 3 is 2.66 bits per heavy atom. The maximum atomic E-state index is 12.4. The fourth-order valence-electron chi connectivity index (χ4n) is 3.29. The van der Waals surface area contributed by atoms with Crippen LogP contribution in [0.3, 0.4) is 0 Å². The molecule has 8 heteroatoms. The van der Waals surface area contributed by atoms with Crippen LogP contribution < -0.4 is 10.1 Å². The SMILES string of the molecule is O=C(Cn1cnc(NCc2ccc(Oc3ccccc3)o2)n1)N1CCCCCC1. The van der Waals surface area contributed by atoms with E-state index in [2.05, 4.69) is 15.4 Å². The summed E-state index contributed by atoms with van der Waals surface area (Å²) in [7, 11) is 0. The molecule has 3 heterocycles. The third-order valence-corrected chi connectivity index (χ3v) is 4.81. The molecule has 0 aliphatic carbocycles. The molecule has 1 aromatic carbocycles. The van der Waals surface area contributed by atoms with Gasteiger partial charge in [0, 0.05) is 19.2 Å². The number of benzene rings is 1. The summed E-state index contributed by atoms with van der Waals surface area (Å²) in [6.45, 7) is 2.31. The number of likely N-dealkylation sites (tertiary alicyclic amines) is 1. The molecule has 3 aromatic rings. The Morgan fingerprint density at radius 1 is 1.07 bits per heavy atom. The maximum absolute atomic E-state index is 12.4. The molecular formula is C21H25N5O3. The van der Waals surface area contributed by atoms with Crippen LogP contribution in [0.15, 0.2) is 53.2 Å². The summed E-state index contributed by atoms with van der Waals surface area (Å²) in [5.74, 6) is 2.39. The van der Waals surface area contributed by atoms with Gasteiger partial charge in [-0.3, -0.25) is 4.79 Å². The second-order valence-corrected chi connectivity index (χ2v) is 7.05. The lowest BCUT2D eigenvalue weighted by molar-refractivity contribution is -0.132. The molecule has 0 saturated carbocycles. The summed E-state index contributed by atoms with van der Waals surface area (Å²) in [5, 5.41) is 7.44. The van der Waals surface area contributed by atoms with Crippen molar-refractivity contribution in [1.82, 2.24) is 19.7 Å². The van der Waals surface area contributed by atoms with Crippen molar-refractivity contribution < 1.29 is 13.9 Å². The van der Waals surface area contributed by atoms with Crippen LogP contribution in [0.4, 0.5) is 5.95 Å². The van der Waals surface area contributed by atoms with Crippen molar-refractivity contribution in [2.24, 2.45) is 0 Å². The van der Waals surface area contributed by atoms with Crippen LogP contribution >= 0.6 is 0 Å². The van der Waals surface area contributed by atoms with Crippen LogP contribution in [-0.4, -0.2) is 38.7 Å². The number of para-hydroxylation sites is 1. The number of nitrogens with one attached hydrogen (secondary N) is 1. The monoisotopic (exact) mass is 395 g/mol. The van der Waals surface area contributed by atoms with Gasteiger partial charge in [-0.2, -0.15) is 0 Å². The fraction of sp³-hybridized carbons (Fsp3) is 0.381. The van der Waals surface area contributed by atoms with Gasteiger partial charge in [0.1, 0.15) is 24.4 Å². The molecule has 1 aliphatic heterocycles. The lowest BCUT2D eigenvalue weighted by atomic mass is 10.2. The van der Waals surface area contributed by atoms with Crippen LogP contribution in [0.1, 0.15) is 31.4 Å². The first-order valence-corrected chi connectivity index (χ1v) is 9.99. The molecule has 8 nitrogen and oxygen atoms in total. The molecule has 0 bridgehead atoms. The van der Waals surface area contributed by atoms with Gasteiger partial charge in [0.15, 0.2) is 0 Å². The predicted molar refractivity (Wildman–Crippen MR) is 108 cm³/mol. The minimum atomic E-state index is 0.0945. The topological polar surface area (TPSA) is 85.4 Å². The number of rotatable bonds is 7. The molecule has 0 atom stereocenters. The van der Waals surface area contributed by atoms with E-state index in [-0.39, 0.29) is 12.5 Å². The van der Waals surface area contributed by atoms with E-state index in [9.17, 15) is 4.79 Å². The third-order valence-electron chi connectivity index (χ3n) is 4.81. The van der Waals surface area contributed by atoms with Crippen molar-refractivity contribution in [1.29, 1.82) is 0 Å². The first kappa shape index (κ1) is 19.0. The number of nitrogens with zero attached hydrogens (tertiary/aromatic N) is 4. The lowest BCUT2D eigenvalue weighted by Crippen LogP contribution is -2.34. The van der Waals surface area contributed by atoms with Crippen LogP contribution in [0.5, 0.6) is 11.7 Å². The molecule has 152 valence electrons. The van der Waals surface area contributed by atoms with Crippen LogP contribution in [0, 0.1) is 0 Å². The largest absolute Gasteiger partial charge is 0.429 e. The molecule has 0 spiro atoms. The molecular weight excluding hydrogens is 370 g/mol. The van der Waals surface area contributed by atoms with Crippen molar-refractivity contribution in [3.63, 3.8) is 0 Å². The Kier molecular flexibility index (Phi) is 6.09. The minimum Gasteiger partial charge on any atom is -0.429 e. The number of hydrogen-bond donors (Lipinski definition) is 1. The van der Waals surface area contributed by atoms with Crippen molar-refractivity contribution in [2.75, 3.05) is 18.4 Å². The summed E-state index contributed by atoms with van der Waals surface area (Å²) in [4.78, 5) is 18.6. The van der Waals surface area contributed by atoms with Gasteiger partial charge in [0.25, 0.3) is 5.95 Å². The van der Waals surface area contributed by atoms with E-state index in [1.807, 2.05) is 41.3 Å². The normalized spacial score (nSPS) is 14.4. The van der Waals surface area contributed by atoms with Crippen molar-refractivity contribution >= 4 is 11.9 Å². The fourth-order valence-corrected chi connectivity index (χ4v) is 3.29. The first-order chi connectivity index (χ1) is 14.3. The number of ether oxygens (including phenoxy) is 1. The first-order valence-electron chi connectivity index (χ1n) is 9.99. The second kappa shape index (κ2) is 9.27. The molecule has 1 N–H and O–H groups in total. The summed E-state index contributed by atoms with van der Waals surface area (Å²) in [6, 6.07) is 13.1. The van der Waals surface area contributed by atoms with E-state index in [0.717, 1.165) is 31.7 Å². The number of anilines is 1. The standard InChI is InChI=1S/C21H25N5O3/c27-19(25-12-6-1-2-7-13-25)15-26-16-23-21(24-26)22-14-18-10-11-20(29-18)28-17-8-4-3-5-9-17/h3-5,8-11,16H,1-2,6-7,12-15H2,(H,22,24). The Labute approximate surface area is 169 Å². The van der Waals surface area contributed by atoms with Crippen molar-refractivity contribution in [2.45, 2.75) is 38.8 Å². The van der Waals surface area contributed by atoms with Gasteiger partial charge >= 0.3 is 0 Å². The summed E-state index contributed by atoms with van der Waals surface area (Å²) >= 11 is 0. The molecule has 2 aromatic heterocycles. The summed E-state index contributed by atoms with van der Waals surface area (Å²) in [6.07, 6.45) is 6.13. The van der Waals surface area contributed by atoms with Gasteiger partial charge in [-0.1, -0.05) is 31.0 Å². The Morgan fingerprint density at radius 2 is 1.86 bits per heavy atom. The molecule has 4 rings (SSSR count). The number of carbonyl (C=O) groups is 1. The van der Waals surface area contributed by atoms with E-state index in [0.29, 0.717) is 24.2 Å². The Balaban J connectivity index is 1.27. The quantitative estimate of drug-likeness (QED) is 0.657. The maximum Gasteiger partial charge on any atom is 0.290 e. The molecule has 29 heavy (non-hydrogen) atoms.